The summed E-state index contributed by atoms with van der Waals surface area (Å²) in [6.45, 7) is 1.42. The molecule has 0 unspecified atom stereocenters. The Bertz CT molecular complexity index is 345. The molecule has 1 fully saturated rings. The maximum absolute atomic E-state index is 11.8. The molecule has 1 saturated heterocycles. The van der Waals surface area contributed by atoms with Gasteiger partial charge in [-0.2, -0.15) is 0 Å². The van der Waals surface area contributed by atoms with E-state index in [0.29, 0.717) is 18.7 Å². The normalized spacial score (nSPS) is 18.3. The summed E-state index contributed by atoms with van der Waals surface area (Å²) in [6.07, 6.45) is 1.22. The standard InChI is InChI=1S/C12H16N2O2/c15-11-6-8-14(9-7-11)13-12(16)10-4-2-1-3-5-10/h1-5,11,15H,6-9H2,(H,13,16). The van der Waals surface area contributed by atoms with Gasteiger partial charge in [0.1, 0.15) is 0 Å². The molecule has 1 heterocycles. The van der Waals surface area contributed by atoms with Gasteiger partial charge in [-0.25, -0.2) is 5.01 Å². The van der Waals surface area contributed by atoms with Gasteiger partial charge in [-0.15, -0.1) is 0 Å². The van der Waals surface area contributed by atoms with Crippen molar-refractivity contribution in [1.82, 2.24) is 10.4 Å². The third-order valence-corrected chi connectivity index (χ3v) is 2.76. The van der Waals surface area contributed by atoms with Gasteiger partial charge in [-0.1, -0.05) is 18.2 Å². The molecule has 0 aromatic heterocycles. The van der Waals surface area contributed by atoms with E-state index in [1.54, 1.807) is 12.1 Å². The number of piperidine rings is 1. The average Bonchev–Trinajstić information content (AvgIpc) is 2.33. The van der Waals surface area contributed by atoms with Crippen molar-refractivity contribution >= 4 is 5.91 Å². The molecule has 86 valence electrons. The first-order chi connectivity index (χ1) is 7.75. The van der Waals surface area contributed by atoms with Crippen molar-refractivity contribution in [2.24, 2.45) is 0 Å². The zero-order valence-electron chi connectivity index (χ0n) is 9.10. The number of nitrogens with one attached hydrogen (secondary N) is 1. The van der Waals surface area contributed by atoms with Crippen LogP contribution in [0.1, 0.15) is 23.2 Å². The molecular formula is C12H16N2O2. The molecule has 0 bridgehead atoms. The van der Waals surface area contributed by atoms with E-state index in [1.165, 1.54) is 0 Å². The van der Waals surface area contributed by atoms with Gasteiger partial charge in [0, 0.05) is 18.7 Å². The molecule has 1 amide bonds. The molecule has 2 N–H and O–H groups in total. The molecule has 16 heavy (non-hydrogen) atoms. The molecule has 1 aliphatic heterocycles. The van der Waals surface area contributed by atoms with Crippen LogP contribution in [0, 0.1) is 0 Å². The van der Waals surface area contributed by atoms with E-state index >= 15 is 0 Å². The lowest BCUT2D eigenvalue weighted by molar-refractivity contribution is 0.0467. The lowest BCUT2D eigenvalue weighted by Gasteiger charge is -2.29. The lowest BCUT2D eigenvalue weighted by Crippen LogP contribution is -2.47. The van der Waals surface area contributed by atoms with Gasteiger partial charge < -0.3 is 5.11 Å². The van der Waals surface area contributed by atoms with Crippen LogP contribution < -0.4 is 5.43 Å². The summed E-state index contributed by atoms with van der Waals surface area (Å²) in [6, 6.07) is 9.14. The van der Waals surface area contributed by atoms with Crippen LogP contribution in [0.25, 0.3) is 0 Å². The quantitative estimate of drug-likeness (QED) is 0.774. The number of amides is 1. The minimum Gasteiger partial charge on any atom is -0.393 e. The minimum absolute atomic E-state index is 0.0861. The van der Waals surface area contributed by atoms with E-state index in [2.05, 4.69) is 5.43 Å². The second-order valence-electron chi connectivity index (χ2n) is 4.03. The SMILES string of the molecule is O=C(NN1CCC(O)CC1)c1ccccc1. The highest BCUT2D eigenvalue weighted by atomic mass is 16.3. The van der Waals surface area contributed by atoms with Gasteiger partial charge in [0.2, 0.25) is 0 Å². The molecule has 2 rings (SSSR count). The van der Waals surface area contributed by atoms with Crippen molar-refractivity contribution in [2.45, 2.75) is 18.9 Å². The van der Waals surface area contributed by atoms with Crippen molar-refractivity contribution in [3.8, 4) is 0 Å². The number of hydrogen-bond acceptors (Lipinski definition) is 3. The smallest absolute Gasteiger partial charge is 0.265 e. The van der Waals surface area contributed by atoms with Gasteiger partial charge >= 0.3 is 0 Å². The van der Waals surface area contributed by atoms with Crippen LogP contribution in [-0.4, -0.2) is 35.2 Å². The summed E-state index contributed by atoms with van der Waals surface area (Å²) in [5.74, 6) is -0.0861. The van der Waals surface area contributed by atoms with E-state index < -0.39 is 0 Å². The lowest BCUT2D eigenvalue weighted by atomic mass is 10.1. The monoisotopic (exact) mass is 220 g/mol. The molecule has 4 heteroatoms. The molecule has 0 atom stereocenters. The fraction of sp³-hybridized carbons (Fsp3) is 0.417. The number of aliphatic hydroxyl groups excluding tert-OH is 1. The number of hydrazine groups is 1. The predicted octanol–water partition coefficient (Wildman–Crippen LogP) is 0.788. The molecule has 0 radical (unpaired) electrons. The Morgan fingerprint density at radius 3 is 2.50 bits per heavy atom. The number of carbonyl (C=O) groups excluding carboxylic acids is 1. The molecule has 0 spiro atoms. The van der Waals surface area contributed by atoms with Crippen molar-refractivity contribution in [2.75, 3.05) is 13.1 Å². The Labute approximate surface area is 94.9 Å². The number of aliphatic hydroxyl groups is 1. The summed E-state index contributed by atoms with van der Waals surface area (Å²) >= 11 is 0. The zero-order chi connectivity index (χ0) is 11.4. The molecule has 1 aromatic carbocycles. The summed E-state index contributed by atoms with van der Waals surface area (Å²) in [4.78, 5) is 11.8. The highest BCUT2D eigenvalue weighted by Gasteiger charge is 2.18. The van der Waals surface area contributed by atoms with Crippen molar-refractivity contribution in [1.29, 1.82) is 0 Å². The van der Waals surface area contributed by atoms with E-state index in [-0.39, 0.29) is 12.0 Å². The third-order valence-electron chi connectivity index (χ3n) is 2.76. The van der Waals surface area contributed by atoms with Crippen LogP contribution in [-0.2, 0) is 0 Å². The fourth-order valence-electron chi connectivity index (χ4n) is 1.78. The van der Waals surface area contributed by atoms with Crippen molar-refractivity contribution in [3.05, 3.63) is 35.9 Å². The summed E-state index contributed by atoms with van der Waals surface area (Å²) in [7, 11) is 0. The number of nitrogens with zero attached hydrogens (tertiary/aromatic N) is 1. The van der Waals surface area contributed by atoms with E-state index in [1.807, 2.05) is 23.2 Å². The Hall–Kier alpha value is -1.39. The second-order valence-corrected chi connectivity index (χ2v) is 4.03. The zero-order valence-corrected chi connectivity index (χ0v) is 9.10. The fourth-order valence-corrected chi connectivity index (χ4v) is 1.78. The number of rotatable bonds is 2. The van der Waals surface area contributed by atoms with E-state index in [9.17, 15) is 9.90 Å². The second kappa shape index (κ2) is 5.09. The average molecular weight is 220 g/mol. The molecule has 1 aliphatic rings. The van der Waals surface area contributed by atoms with Crippen LogP contribution in [0.2, 0.25) is 0 Å². The van der Waals surface area contributed by atoms with Gasteiger partial charge in [-0.05, 0) is 25.0 Å². The van der Waals surface area contributed by atoms with Gasteiger partial charge in [-0.3, -0.25) is 10.2 Å². The van der Waals surface area contributed by atoms with Crippen molar-refractivity contribution in [3.63, 3.8) is 0 Å². The first-order valence-electron chi connectivity index (χ1n) is 5.55. The first kappa shape index (κ1) is 11.1. The maximum atomic E-state index is 11.8. The van der Waals surface area contributed by atoms with Gasteiger partial charge in [0.05, 0.1) is 6.10 Å². The van der Waals surface area contributed by atoms with Crippen LogP contribution in [0.3, 0.4) is 0 Å². The Balaban J connectivity index is 1.88. The molecule has 0 saturated carbocycles. The molecular weight excluding hydrogens is 204 g/mol. The van der Waals surface area contributed by atoms with Gasteiger partial charge in [0.25, 0.3) is 5.91 Å². The maximum Gasteiger partial charge on any atom is 0.265 e. The van der Waals surface area contributed by atoms with Crippen molar-refractivity contribution < 1.29 is 9.90 Å². The number of hydrogen-bond donors (Lipinski definition) is 2. The Morgan fingerprint density at radius 2 is 1.88 bits per heavy atom. The molecule has 1 aromatic rings. The topological polar surface area (TPSA) is 52.6 Å². The van der Waals surface area contributed by atoms with E-state index in [0.717, 1.165) is 12.8 Å². The Kier molecular flexibility index (Phi) is 3.54. The largest absolute Gasteiger partial charge is 0.393 e. The summed E-state index contributed by atoms with van der Waals surface area (Å²) < 4.78 is 0. The van der Waals surface area contributed by atoms with Gasteiger partial charge in [0.15, 0.2) is 0 Å². The van der Waals surface area contributed by atoms with Crippen LogP contribution in [0.15, 0.2) is 30.3 Å². The van der Waals surface area contributed by atoms with Crippen LogP contribution in [0.4, 0.5) is 0 Å². The highest BCUT2D eigenvalue weighted by molar-refractivity contribution is 5.93. The van der Waals surface area contributed by atoms with Crippen LogP contribution in [0.5, 0.6) is 0 Å². The highest BCUT2D eigenvalue weighted by Crippen LogP contribution is 2.08. The number of carbonyl (C=O) groups is 1. The summed E-state index contributed by atoms with van der Waals surface area (Å²) in [5, 5.41) is 11.2. The molecule has 4 nitrogen and oxygen atoms in total. The third kappa shape index (κ3) is 2.81. The van der Waals surface area contributed by atoms with E-state index in [4.69, 9.17) is 0 Å². The number of benzene rings is 1. The Morgan fingerprint density at radius 1 is 1.25 bits per heavy atom. The predicted molar refractivity (Wildman–Crippen MR) is 60.7 cm³/mol. The first-order valence-corrected chi connectivity index (χ1v) is 5.55. The molecule has 0 aliphatic carbocycles. The minimum atomic E-state index is -0.218. The summed E-state index contributed by atoms with van der Waals surface area (Å²) in [5.41, 5.74) is 3.50. The van der Waals surface area contributed by atoms with Crippen LogP contribution >= 0.6 is 0 Å².